The van der Waals surface area contributed by atoms with Crippen LogP contribution < -0.4 is 19.1 Å². The van der Waals surface area contributed by atoms with E-state index in [9.17, 15) is 17.6 Å². The second-order valence-electron chi connectivity index (χ2n) is 6.36. The molecule has 28 heavy (non-hydrogen) atoms. The third kappa shape index (κ3) is 4.36. The Balaban J connectivity index is 1.77. The van der Waals surface area contributed by atoms with Crippen molar-refractivity contribution in [2.24, 2.45) is 0 Å². The van der Waals surface area contributed by atoms with Gasteiger partial charge >= 0.3 is 0 Å². The first kappa shape index (κ1) is 19.9. The van der Waals surface area contributed by atoms with Crippen LogP contribution in [0, 0.1) is 5.82 Å². The Bertz CT molecular complexity index is 963. The Kier molecular flexibility index (Phi) is 5.73. The van der Waals surface area contributed by atoms with Crippen LogP contribution in [0.15, 0.2) is 42.5 Å². The van der Waals surface area contributed by atoms with Gasteiger partial charge in [0.25, 0.3) is 0 Å². The number of benzene rings is 2. The van der Waals surface area contributed by atoms with E-state index in [1.807, 2.05) is 0 Å². The van der Waals surface area contributed by atoms with E-state index in [4.69, 9.17) is 9.47 Å². The summed E-state index contributed by atoms with van der Waals surface area (Å²) in [6.45, 7) is 2.07. The fourth-order valence-corrected chi connectivity index (χ4v) is 4.22. The second-order valence-corrected chi connectivity index (χ2v) is 8.22. The van der Waals surface area contributed by atoms with E-state index >= 15 is 0 Å². The molecule has 0 unspecified atom stereocenters. The van der Waals surface area contributed by atoms with Crippen molar-refractivity contribution in [2.45, 2.75) is 25.9 Å². The maximum Gasteiger partial charge on any atom is 0.244 e. The number of carbonyl (C=O) groups excluding carboxylic acids is 1. The van der Waals surface area contributed by atoms with Crippen molar-refractivity contribution in [3.05, 3.63) is 53.8 Å². The molecule has 0 bridgehead atoms. The zero-order chi connectivity index (χ0) is 20.3. The Labute approximate surface area is 163 Å². The first-order chi connectivity index (χ1) is 13.3. The summed E-state index contributed by atoms with van der Waals surface area (Å²) < 4.78 is 49.5. The number of rotatable bonds is 7. The van der Waals surface area contributed by atoms with E-state index in [-0.39, 0.29) is 25.4 Å². The molecule has 2 aromatic rings. The molecule has 3 rings (SSSR count). The van der Waals surface area contributed by atoms with Gasteiger partial charge in [-0.25, -0.2) is 12.8 Å². The highest BCUT2D eigenvalue weighted by Gasteiger charge is 2.31. The molecule has 0 saturated heterocycles. The SMILES string of the molecule is CC[C@H](C(=O)NCc1ccc2c(c1)OCO2)N(c1ccc(F)cc1)S(C)(=O)=O. The van der Waals surface area contributed by atoms with Crippen LogP contribution in [-0.2, 0) is 21.4 Å². The molecular weight excluding hydrogens is 387 g/mol. The van der Waals surface area contributed by atoms with Gasteiger partial charge in [-0.2, -0.15) is 0 Å². The highest BCUT2D eigenvalue weighted by Crippen LogP contribution is 2.32. The van der Waals surface area contributed by atoms with Gasteiger partial charge in [0.2, 0.25) is 22.7 Å². The standard InChI is InChI=1S/C19H21FN2O5S/c1-3-16(22(28(2,24)25)15-7-5-14(20)6-8-15)19(23)21-11-13-4-9-17-18(10-13)27-12-26-17/h4-10,16H,3,11-12H2,1-2H3,(H,21,23)/t16-/m1/s1. The van der Waals surface area contributed by atoms with Crippen LogP contribution in [0.4, 0.5) is 10.1 Å². The zero-order valence-electron chi connectivity index (χ0n) is 15.5. The van der Waals surface area contributed by atoms with E-state index in [0.717, 1.165) is 28.3 Å². The molecule has 1 atom stereocenters. The summed E-state index contributed by atoms with van der Waals surface area (Å²) in [6, 6.07) is 9.34. The quantitative estimate of drug-likeness (QED) is 0.761. The number of amides is 1. The fourth-order valence-electron chi connectivity index (χ4n) is 3.01. The lowest BCUT2D eigenvalue weighted by molar-refractivity contribution is -0.122. The van der Waals surface area contributed by atoms with E-state index in [1.165, 1.54) is 12.1 Å². The van der Waals surface area contributed by atoms with Gasteiger partial charge in [-0.3, -0.25) is 9.10 Å². The molecule has 1 N–H and O–H groups in total. The number of ether oxygens (including phenoxy) is 2. The molecule has 2 aromatic carbocycles. The van der Waals surface area contributed by atoms with Crippen molar-refractivity contribution >= 4 is 21.6 Å². The smallest absolute Gasteiger partial charge is 0.244 e. The van der Waals surface area contributed by atoms with Crippen LogP contribution in [0.1, 0.15) is 18.9 Å². The molecule has 0 fully saturated rings. The third-order valence-corrected chi connectivity index (χ3v) is 5.49. The lowest BCUT2D eigenvalue weighted by atomic mass is 10.1. The van der Waals surface area contributed by atoms with Crippen molar-refractivity contribution in [2.75, 3.05) is 17.4 Å². The minimum Gasteiger partial charge on any atom is -0.454 e. The number of sulfonamides is 1. The Morgan fingerprint density at radius 1 is 1.18 bits per heavy atom. The van der Waals surface area contributed by atoms with Gasteiger partial charge in [-0.1, -0.05) is 13.0 Å². The number of carbonyl (C=O) groups is 1. The minimum absolute atomic E-state index is 0.157. The second kappa shape index (κ2) is 8.05. The summed E-state index contributed by atoms with van der Waals surface area (Å²) in [5.41, 5.74) is 1.02. The van der Waals surface area contributed by atoms with E-state index in [1.54, 1.807) is 25.1 Å². The van der Waals surface area contributed by atoms with E-state index < -0.39 is 27.8 Å². The molecule has 0 aromatic heterocycles. The fraction of sp³-hybridized carbons (Fsp3) is 0.316. The van der Waals surface area contributed by atoms with Crippen LogP contribution in [0.5, 0.6) is 11.5 Å². The monoisotopic (exact) mass is 408 g/mol. The number of nitrogens with zero attached hydrogens (tertiary/aromatic N) is 1. The summed E-state index contributed by atoms with van der Waals surface area (Å²) in [5.74, 6) is 0.302. The maximum absolute atomic E-state index is 13.2. The van der Waals surface area contributed by atoms with Gasteiger partial charge in [0.05, 0.1) is 11.9 Å². The predicted molar refractivity (Wildman–Crippen MR) is 102 cm³/mol. The Hall–Kier alpha value is -2.81. The van der Waals surface area contributed by atoms with Crippen LogP contribution in [0.25, 0.3) is 0 Å². The number of hydrogen-bond acceptors (Lipinski definition) is 5. The molecule has 1 aliphatic rings. The van der Waals surface area contributed by atoms with Gasteiger partial charge < -0.3 is 14.8 Å². The van der Waals surface area contributed by atoms with Gasteiger partial charge in [-0.05, 0) is 48.4 Å². The molecule has 1 heterocycles. The largest absolute Gasteiger partial charge is 0.454 e. The summed E-state index contributed by atoms with van der Waals surface area (Å²) in [4.78, 5) is 12.8. The van der Waals surface area contributed by atoms with Crippen LogP contribution >= 0.6 is 0 Å². The highest BCUT2D eigenvalue weighted by atomic mass is 32.2. The average molecular weight is 408 g/mol. The number of anilines is 1. The van der Waals surface area contributed by atoms with Crippen molar-refractivity contribution in [3.63, 3.8) is 0 Å². The average Bonchev–Trinajstić information content (AvgIpc) is 3.12. The first-order valence-electron chi connectivity index (χ1n) is 8.71. The van der Waals surface area contributed by atoms with E-state index in [2.05, 4.69) is 5.32 Å². The van der Waals surface area contributed by atoms with Crippen molar-refractivity contribution < 1.29 is 27.1 Å². The van der Waals surface area contributed by atoms with Crippen molar-refractivity contribution in [1.82, 2.24) is 5.32 Å². The molecule has 1 aliphatic heterocycles. The Morgan fingerprint density at radius 2 is 1.86 bits per heavy atom. The lowest BCUT2D eigenvalue weighted by Gasteiger charge is -2.30. The number of fused-ring (bicyclic) bond motifs is 1. The van der Waals surface area contributed by atoms with Gasteiger partial charge in [0.1, 0.15) is 11.9 Å². The van der Waals surface area contributed by atoms with Crippen LogP contribution in [0.3, 0.4) is 0 Å². The molecule has 9 heteroatoms. The third-order valence-electron chi connectivity index (χ3n) is 4.31. The molecule has 0 spiro atoms. The maximum atomic E-state index is 13.2. The van der Waals surface area contributed by atoms with Gasteiger partial charge in [0.15, 0.2) is 11.5 Å². The molecule has 150 valence electrons. The molecule has 7 nitrogen and oxygen atoms in total. The summed E-state index contributed by atoms with van der Waals surface area (Å²) in [5, 5.41) is 2.76. The highest BCUT2D eigenvalue weighted by molar-refractivity contribution is 7.92. The summed E-state index contributed by atoms with van der Waals surface area (Å²) in [7, 11) is -3.76. The van der Waals surface area contributed by atoms with Gasteiger partial charge in [-0.15, -0.1) is 0 Å². The number of hydrogen-bond donors (Lipinski definition) is 1. The van der Waals surface area contributed by atoms with Crippen molar-refractivity contribution in [3.8, 4) is 11.5 Å². The normalized spacial score (nSPS) is 13.8. The molecule has 1 amide bonds. The number of nitrogens with one attached hydrogen (secondary N) is 1. The summed E-state index contributed by atoms with van der Waals surface area (Å²) >= 11 is 0. The Morgan fingerprint density at radius 3 is 2.50 bits per heavy atom. The molecule has 0 radical (unpaired) electrons. The van der Waals surface area contributed by atoms with Gasteiger partial charge in [0, 0.05) is 6.54 Å². The summed E-state index contributed by atoms with van der Waals surface area (Å²) in [6.07, 6.45) is 1.27. The zero-order valence-corrected chi connectivity index (χ0v) is 16.3. The molecule has 0 aliphatic carbocycles. The minimum atomic E-state index is -3.76. The van der Waals surface area contributed by atoms with Crippen molar-refractivity contribution in [1.29, 1.82) is 0 Å². The first-order valence-corrected chi connectivity index (χ1v) is 10.6. The number of halogens is 1. The lowest BCUT2D eigenvalue weighted by Crippen LogP contribution is -2.49. The van der Waals surface area contributed by atoms with Crippen LogP contribution in [-0.4, -0.2) is 33.4 Å². The molecular formula is C19H21FN2O5S. The van der Waals surface area contributed by atoms with Crippen LogP contribution in [0.2, 0.25) is 0 Å². The predicted octanol–water partition coefficient (Wildman–Crippen LogP) is 2.42. The molecule has 0 saturated carbocycles. The van der Waals surface area contributed by atoms with E-state index in [0.29, 0.717) is 11.5 Å². The topological polar surface area (TPSA) is 84.9 Å².